The van der Waals surface area contributed by atoms with E-state index in [-0.39, 0.29) is 20.0 Å². The Morgan fingerprint density at radius 3 is 2.88 bits per heavy atom. The van der Waals surface area contributed by atoms with Gasteiger partial charge in [0.25, 0.3) is 0 Å². The summed E-state index contributed by atoms with van der Waals surface area (Å²) in [5, 5.41) is 1.30. The van der Waals surface area contributed by atoms with E-state index in [1.165, 1.54) is 27.6 Å². The van der Waals surface area contributed by atoms with E-state index in [1.54, 1.807) is 0 Å². The van der Waals surface area contributed by atoms with Gasteiger partial charge in [-0.05, 0) is 42.2 Å². The molecular weight excluding hydrogens is 249 g/mol. The smallest absolute Gasteiger partial charge is 0.0720 e. The minimum atomic E-state index is 0. The molecule has 0 atom stereocenters. The van der Waals surface area contributed by atoms with Crippen LogP contribution in [0, 0.1) is 6.92 Å². The van der Waals surface area contributed by atoms with Gasteiger partial charge in [0.05, 0.1) is 13.2 Å². The van der Waals surface area contributed by atoms with Crippen LogP contribution in [0.2, 0.25) is 0 Å². The Kier molecular flexibility index (Phi) is 5.32. The third-order valence-corrected chi connectivity index (χ3v) is 3.08. The fourth-order valence-corrected chi connectivity index (χ4v) is 2.33. The van der Waals surface area contributed by atoms with Crippen LogP contribution < -0.4 is 0 Å². The molecule has 0 saturated carbocycles. The standard InChI is InChI=1S/C12H13NO.C2H6.V.H2/c1-8-11-3-5-14-7-10(11)6-9-2-4-13-12(8)9;1-2;;/h2,4,6,13H,3,5,7H2,1H3;1-2H3;;1H. The summed E-state index contributed by atoms with van der Waals surface area (Å²) in [5.41, 5.74) is 5.52. The fourth-order valence-electron chi connectivity index (χ4n) is 2.33. The largest absolute Gasteiger partial charge is 0.376 e. The Morgan fingerprint density at radius 2 is 2.12 bits per heavy atom. The minimum absolute atomic E-state index is 0. The van der Waals surface area contributed by atoms with E-state index >= 15 is 0 Å². The Hall–Kier alpha value is -0.696. The van der Waals surface area contributed by atoms with Crippen LogP contribution in [0.15, 0.2) is 18.3 Å². The summed E-state index contributed by atoms with van der Waals surface area (Å²) in [6, 6.07) is 4.37. The van der Waals surface area contributed by atoms with Gasteiger partial charge < -0.3 is 9.72 Å². The number of rotatable bonds is 0. The SMILES string of the molecule is CC.Cc1c2c(cc3cc[nH]c13)COCC2.[HH].[V]. The molecular formula is C14H21NOV. The van der Waals surface area contributed by atoms with Gasteiger partial charge in [0.15, 0.2) is 0 Å². The third-order valence-electron chi connectivity index (χ3n) is 3.08. The summed E-state index contributed by atoms with van der Waals surface area (Å²) in [6.07, 6.45) is 3.06. The number of aromatic amines is 1. The summed E-state index contributed by atoms with van der Waals surface area (Å²) in [4.78, 5) is 3.30. The number of ether oxygens (including phenoxy) is 1. The molecule has 1 N–H and O–H groups in total. The van der Waals surface area contributed by atoms with E-state index in [9.17, 15) is 0 Å². The van der Waals surface area contributed by atoms with E-state index in [0.717, 1.165) is 19.6 Å². The predicted molar refractivity (Wildman–Crippen MR) is 69.9 cm³/mol. The van der Waals surface area contributed by atoms with Crippen molar-refractivity contribution in [1.29, 1.82) is 0 Å². The third kappa shape index (κ3) is 2.60. The molecule has 2 nitrogen and oxygen atoms in total. The molecule has 0 bridgehead atoms. The first-order chi connectivity index (χ1) is 7.86. The second-order valence-electron chi connectivity index (χ2n) is 3.88. The van der Waals surface area contributed by atoms with Crippen LogP contribution in [0.1, 0.15) is 32.0 Å². The number of nitrogens with one attached hydrogen (secondary N) is 1. The zero-order valence-electron chi connectivity index (χ0n) is 10.7. The molecule has 0 saturated heterocycles. The molecule has 3 heteroatoms. The van der Waals surface area contributed by atoms with Crippen LogP contribution in [0.3, 0.4) is 0 Å². The molecule has 1 aromatic carbocycles. The predicted octanol–water partition coefficient (Wildman–Crippen LogP) is 3.82. The number of aryl methyl sites for hydroxylation is 1. The molecule has 1 radical (unpaired) electrons. The van der Waals surface area contributed by atoms with Crippen molar-refractivity contribution in [1.82, 2.24) is 4.98 Å². The Balaban J connectivity index is 0.000000691. The maximum absolute atomic E-state index is 5.47. The number of H-pyrrole nitrogens is 1. The minimum Gasteiger partial charge on any atom is -0.376 e. The van der Waals surface area contributed by atoms with Gasteiger partial charge in [-0.2, -0.15) is 0 Å². The van der Waals surface area contributed by atoms with Crippen molar-refractivity contribution in [3.8, 4) is 0 Å². The van der Waals surface area contributed by atoms with Crippen LogP contribution in [0.25, 0.3) is 10.9 Å². The first kappa shape index (κ1) is 14.4. The molecule has 93 valence electrons. The van der Waals surface area contributed by atoms with Crippen molar-refractivity contribution in [3.05, 3.63) is 35.0 Å². The molecule has 0 aliphatic carbocycles. The van der Waals surface area contributed by atoms with Gasteiger partial charge in [-0.25, -0.2) is 0 Å². The van der Waals surface area contributed by atoms with Crippen molar-refractivity contribution < 1.29 is 24.7 Å². The molecule has 2 aromatic rings. The number of hydrogen-bond acceptors (Lipinski definition) is 1. The van der Waals surface area contributed by atoms with Crippen molar-refractivity contribution in [2.45, 2.75) is 33.8 Å². The summed E-state index contributed by atoms with van der Waals surface area (Å²) < 4.78 is 5.47. The van der Waals surface area contributed by atoms with Crippen LogP contribution in [-0.2, 0) is 36.3 Å². The molecule has 3 rings (SSSR count). The van der Waals surface area contributed by atoms with E-state index < -0.39 is 0 Å². The van der Waals surface area contributed by atoms with E-state index in [0.29, 0.717) is 0 Å². The quantitative estimate of drug-likeness (QED) is 0.773. The van der Waals surface area contributed by atoms with Gasteiger partial charge in [-0.15, -0.1) is 0 Å². The summed E-state index contributed by atoms with van der Waals surface area (Å²) in [5.74, 6) is 0. The summed E-state index contributed by atoms with van der Waals surface area (Å²) in [6.45, 7) is 7.83. The number of benzene rings is 1. The van der Waals surface area contributed by atoms with Gasteiger partial charge in [0.1, 0.15) is 0 Å². The van der Waals surface area contributed by atoms with Crippen molar-refractivity contribution in [3.63, 3.8) is 0 Å². The molecule has 2 heterocycles. The molecule has 1 aliphatic rings. The van der Waals surface area contributed by atoms with Gasteiger partial charge in [-0.3, -0.25) is 0 Å². The monoisotopic (exact) mass is 270 g/mol. The van der Waals surface area contributed by atoms with Crippen LogP contribution in [0.4, 0.5) is 0 Å². The summed E-state index contributed by atoms with van der Waals surface area (Å²) in [7, 11) is 0. The average molecular weight is 270 g/mol. The normalized spacial score (nSPS) is 13.4. The molecule has 0 amide bonds. The van der Waals surface area contributed by atoms with Crippen LogP contribution >= 0.6 is 0 Å². The molecule has 0 unspecified atom stereocenters. The molecule has 17 heavy (non-hydrogen) atoms. The number of fused-ring (bicyclic) bond motifs is 2. The van der Waals surface area contributed by atoms with E-state index in [1.807, 2.05) is 20.0 Å². The second-order valence-corrected chi connectivity index (χ2v) is 3.88. The van der Waals surface area contributed by atoms with Gasteiger partial charge in [-0.1, -0.05) is 13.8 Å². The molecule has 1 aliphatic heterocycles. The first-order valence-electron chi connectivity index (χ1n) is 6.02. The Morgan fingerprint density at radius 1 is 1.35 bits per heavy atom. The fraction of sp³-hybridized carbons (Fsp3) is 0.429. The van der Waals surface area contributed by atoms with Crippen molar-refractivity contribution >= 4 is 10.9 Å². The maximum atomic E-state index is 5.47. The Labute approximate surface area is 116 Å². The number of aromatic nitrogens is 1. The summed E-state index contributed by atoms with van der Waals surface area (Å²) >= 11 is 0. The van der Waals surface area contributed by atoms with Gasteiger partial charge in [0, 0.05) is 37.1 Å². The van der Waals surface area contributed by atoms with Crippen molar-refractivity contribution in [2.24, 2.45) is 0 Å². The molecule has 1 aromatic heterocycles. The second kappa shape index (κ2) is 6.29. The zero-order chi connectivity index (χ0) is 11.5. The maximum Gasteiger partial charge on any atom is 0.0720 e. The van der Waals surface area contributed by atoms with E-state index in [2.05, 4.69) is 24.0 Å². The van der Waals surface area contributed by atoms with Crippen LogP contribution in [0.5, 0.6) is 0 Å². The Bertz CT molecular complexity index is 496. The van der Waals surface area contributed by atoms with Gasteiger partial charge >= 0.3 is 0 Å². The van der Waals surface area contributed by atoms with Crippen molar-refractivity contribution in [2.75, 3.05) is 6.61 Å². The first-order valence-corrected chi connectivity index (χ1v) is 6.02. The number of hydrogen-bond donors (Lipinski definition) is 1. The molecule has 0 spiro atoms. The molecule has 0 fully saturated rings. The van der Waals surface area contributed by atoms with E-state index in [4.69, 9.17) is 4.74 Å². The topological polar surface area (TPSA) is 25.0 Å². The zero-order valence-corrected chi connectivity index (χ0v) is 12.1. The van der Waals surface area contributed by atoms with Crippen LogP contribution in [-0.4, -0.2) is 11.6 Å². The average Bonchev–Trinajstić information content (AvgIpc) is 2.80. The van der Waals surface area contributed by atoms with Gasteiger partial charge in [0.2, 0.25) is 0 Å².